The van der Waals surface area contributed by atoms with Crippen molar-refractivity contribution in [1.29, 1.82) is 0 Å². The monoisotopic (exact) mass is 368 g/mol. The Morgan fingerprint density at radius 3 is 2.64 bits per heavy atom. The summed E-state index contributed by atoms with van der Waals surface area (Å²) in [5, 5.41) is 8.51. The summed E-state index contributed by atoms with van der Waals surface area (Å²) >= 11 is 3.29. The molecule has 0 radical (unpaired) electrons. The van der Waals surface area contributed by atoms with Crippen LogP contribution in [0, 0.1) is 6.92 Å². The van der Waals surface area contributed by atoms with Crippen LogP contribution in [-0.4, -0.2) is 15.7 Å². The Bertz CT molecular complexity index is 872. The van der Waals surface area contributed by atoms with E-state index in [9.17, 15) is 0 Å². The zero-order chi connectivity index (χ0) is 17.1. The molecule has 4 rings (SSSR count). The van der Waals surface area contributed by atoms with E-state index >= 15 is 0 Å². The molecule has 25 heavy (non-hydrogen) atoms. The highest BCUT2D eigenvalue weighted by atomic mass is 32.1. The molecule has 6 heteroatoms. The Kier molecular flexibility index (Phi) is 4.90. The molecule has 0 aliphatic heterocycles. The Balaban J connectivity index is 1.53. The van der Waals surface area contributed by atoms with Gasteiger partial charge in [-0.2, -0.15) is 5.10 Å². The van der Waals surface area contributed by atoms with Gasteiger partial charge in [0.15, 0.2) is 0 Å². The van der Waals surface area contributed by atoms with Crippen LogP contribution >= 0.6 is 22.7 Å². The first kappa shape index (κ1) is 16.4. The molecule has 1 aromatic carbocycles. The Labute approximate surface area is 155 Å². The largest absolute Gasteiger partial charge is 0.253 e. The molecule has 1 aliphatic carbocycles. The molecule has 4 nitrogen and oxygen atoms in total. The van der Waals surface area contributed by atoms with E-state index in [-0.39, 0.29) is 0 Å². The first-order valence-corrected chi connectivity index (χ1v) is 10.3. The number of hydrazone groups is 1. The normalized spacial score (nSPS) is 14.5. The fraction of sp³-hybridized carbons (Fsp3) is 0.316. The summed E-state index contributed by atoms with van der Waals surface area (Å²) < 4.78 is 0. The Morgan fingerprint density at radius 2 is 1.84 bits per heavy atom. The smallest absolute Gasteiger partial charge is 0.203 e. The van der Waals surface area contributed by atoms with Gasteiger partial charge in [-0.25, -0.2) is 9.97 Å². The van der Waals surface area contributed by atoms with Crippen LogP contribution in [0.2, 0.25) is 0 Å². The quantitative estimate of drug-likeness (QED) is 0.577. The summed E-state index contributed by atoms with van der Waals surface area (Å²) in [6.07, 6.45) is 6.06. The molecule has 0 spiro atoms. The highest BCUT2D eigenvalue weighted by Crippen LogP contribution is 2.36. The lowest BCUT2D eigenvalue weighted by atomic mass is 9.99. The standard InChI is InChI=1S/C19H20N4S2/c1-13-17(25-18(20-13)14-8-4-2-5-9-14)16-12-24-19(21-16)23-22-15-10-6-3-7-11-15/h2,4-5,8-9,12H,3,6-7,10-11H2,1H3,(H,21,23). The second kappa shape index (κ2) is 7.45. The van der Waals surface area contributed by atoms with E-state index < -0.39 is 0 Å². The van der Waals surface area contributed by atoms with Crippen LogP contribution in [-0.2, 0) is 0 Å². The van der Waals surface area contributed by atoms with Gasteiger partial charge < -0.3 is 0 Å². The van der Waals surface area contributed by atoms with E-state index in [1.807, 2.05) is 25.1 Å². The van der Waals surface area contributed by atoms with Crippen molar-refractivity contribution in [1.82, 2.24) is 9.97 Å². The lowest BCUT2D eigenvalue weighted by molar-refractivity contribution is 0.665. The molecule has 1 aliphatic rings. The van der Waals surface area contributed by atoms with Crippen molar-refractivity contribution in [3.8, 4) is 21.1 Å². The van der Waals surface area contributed by atoms with Crippen LogP contribution in [0.15, 0.2) is 40.8 Å². The number of anilines is 1. The highest BCUT2D eigenvalue weighted by Gasteiger charge is 2.14. The third-order valence-corrected chi connectivity index (χ3v) is 6.27. The van der Waals surface area contributed by atoms with Gasteiger partial charge in [0.2, 0.25) is 5.13 Å². The van der Waals surface area contributed by atoms with Crippen molar-refractivity contribution in [2.24, 2.45) is 5.10 Å². The third-order valence-electron chi connectivity index (χ3n) is 4.29. The average Bonchev–Trinajstić information content (AvgIpc) is 3.28. The van der Waals surface area contributed by atoms with Gasteiger partial charge in [-0.1, -0.05) is 36.8 Å². The molecule has 2 heterocycles. The van der Waals surface area contributed by atoms with Crippen LogP contribution in [0.25, 0.3) is 21.1 Å². The molecule has 1 fully saturated rings. The number of thiazole rings is 2. The number of hydrogen-bond acceptors (Lipinski definition) is 6. The number of aryl methyl sites for hydroxylation is 1. The summed E-state index contributed by atoms with van der Waals surface area (Å²) in [6, 6.07) is 10.3. The molecule has 1 N–H and O–H groups in total. The molecular weight excluding hydrogens is 348 g/mol. The minimum atomic E-state index is 0.849. The van der Waals surface area contributed by atoms with E-state index in [0.717, 1.165) is 44.8 Å². The number of benzene rings is 1. The number of hydrogen-bond donors (Lipinski definition) is 1. The molecule has 0 bridgehead atoms. The van der Waals surface area contributed by atoms with Gasteiger partial charge in [-0.05, 0) is 32.6 Å². The maximum atomic E-state index is 4.72. The fourth-order valence-electron chi connectivity index (χ4n) is 2.97. The van der Waals surface area contributed by atoms with E-state index in [1.54, 1.807) is 22.7 Å². The fourth-order valence-corrected chi connectivity index (χ4v) is 4.72. The molecule has 1 saturated carbocycles. The Hall–Kier alpha value is -2.05. The number of nitrogens with zero attached hydrogens (tertiary/aromatic N) is 3. The molecule has 128 valence electrons. The van der Waals surface area contributed by atoms with Crippen LogP contribution in [0.5, 0.6) is 0 Å². The van der Waals surface area contributed by atoms with Crippen molar-refractivity contribution < 1.29 is 0 Å². The predicted molar refractivity (Wildman–Crippen MR) is 108 cm³/mol. The van der Waals surface area contributed by atoms with Crippen molar-refractivity contribution in [3.63, 3.8) is 0 Å². The van der Waals surface area contributed by atoms with Crippen LogP contribution < -0.4 is 5.43 Å². The first-order chi connectivity index (χ1) is 12.3. The lowest BCUT2D eigenvalue weighted by Gasteiger charge is -2.11. The summed E-state index contributed by atoms with van der Waals surface area (Å²) in [4.78, 5) is 10.6. The van der Waals surface area contributed by atoms with Crippen LogP contribution in [0.3, 0.4) is 0 Å². The summed E-state index contributed by atoms with van der Waals surface area (Å²) in [5.41, 5.74) is 7.57. The third kappa shape index (κ3) is 3.80. The number of aromatic nitrogens is 2. The van der Waals surface area contributed by atoms with Crippen LogP contribution in [0.4, 0.5) is 5.13 Å². The van der Waals surface area contributed by atoms with Gasteiger partial charge in [-0.3, -0.25) is 5.43 Å². The molecular formula is C19H20N4S2. The lowest BCUT2D eigenvalue weighted by Crippen LogP contribution is -2.07. The molecule has 0 amide bonds. The van der Waals surface area contributed by atoms with Crippen molar-refractivity contribution in [2.45, 2.75) is 39.0 Å². The van der Waals surface area contributed by atoms with Crippen LogP contribution in [0.1, 0.15) is 37.8 Å². The van der Waals surface area contributed by atoms with Crippen molar-refractivity contribution in [2.75, 3.05) is 5.43 Å². The minimum absolute atomic E-state index is 0.849. The summed E-state index contributed by atoms with van der Waals surface area (Å²) in [7, 11) is 0. The summed E-state index contributed by atoms with van der Waals surface area (Å²) in [6.45, 7) is 2.05. The van der Waals surface area contributed by atoms with Gasteiger partial charge in [0.25, 0.3) is 0 Å². The van der Waals surface area contributed by atoms with E-state index in [2.05, 4.69) is 28.0 Å². The number of nitrogens with one attached hydrogen (secondary N) is 1. The molecule has 3 aromatic rings. The summed E-state index contributed by atoms with van der Waals surface area (Å²) in [5.74, 6) is 0. The topological polar surface area (TPSA) is 50.2 Å². The van der Waals surface area contributed by atoms with Gasteiger partial charge in [0.05, 0.1) is 16.3 Å². The molecule has 0 unspecified atom stereocenters. The predicted octanol–water partition coefficient (Wildman–Crippen LogP) is 5.97. The van der Waals surface area contributed by atoms with Gasteiger partial charge in [-0.15, -0.1) is 22.7 Å². The average molecular weight is 369 g/mol. The Morgan fingerprint density at radius 1 is 1.04 bits per heavy atom. The zero-order valence-corrected chi connectivity index (χ0v) is 15.8. The zero-order valence-electron chi connectivity index (χ0n) is 14.2. The van der Waals surface area contributed by atoms with Gasteiger partial charge in [0.1, 0.15) is 5.01 Å². The SMILES string of the molecule is Cc1nc(-c2ccccc2)sc1-c1csc(NN=C2CCCCC2)n1. The van der Waals surface area contributed by atoms with Gasteiger partial charge in [0, 0.05) is 16.7 Å². The maximum absolute atomic E-state index is 4.72. The molecule has 2 aromatic heterocycles. The van der Waals surface area contributed by atoms with Gasteiger partial charge >= 0.3 is 0 Å². The van der Waals surface area contributed by atoms with Crippen molar-refractivity contribution in [3.05, 3.63) is 41.4 Å². The highest BCUT2D eigenvalue weighted by molar-refractivity contribution is 7.19. The molecule has 0 saturated heterocycles. The first-order valence-electron chi connectivity index (χ1n) is 8.60. The van der Waals surface area contributed by atoms with E-state index in [0.29, 0.717) is 0 Å². The van der Waals surface area contributed by atoms with E-state index in [4.69, 9.17) is 9.97 Å². The minimum Gasteiger partial charge on any atom is -0.253 e. The van der Waals surface area contributed by atoms with Crippen molar-refractivity contribution >= 4 is 33.5 Å². The number of rotatable bonds is 4. The maximum Gasteiger partial charge on any atom is 0.203 e. The second-order valence-corrected chi connectivity index (χ2v) is 8.05. The second-order valence-electron chi connectivity index (χ2n) is 6.19. The van der Waals surface area contributed by atoms with E-state index in [1.165, 1.54) is 25.0 Å². The molecule has 0 atom stereocenters.